The first-order valence-electron chi connectivity index (χ1n) is 8.68. The van der Waals surface area contributed by atoms with E-state index in [2.05, 4.69) is 15.2 Å². The molecule has 146 valence electrons. The van der Waals surface area contributed by atoms with Gasteiger partial charge in [0.2, 0.25) is 15.7 Å². The molecule has 3 aromatic carbocycles. The summed E-state index contributed by atoms with van der Waals surface area (Å²) >= 11 is 0. The Hall–Kier alpha value is -3.52. The predicted molar refractivity (Wildman–Crippen MR) is 107 cm³/mol. The summed E-state index contributed by atoms with van der Waals surface area (Å²) in [7, 11) is -3.62. The maximum atomic E-state index is 13.3. The molecule has 0 saturated heterocycles. The number of fused-ring (bicyclic) bond motifs is 1. The zero-order valence-electron chi connectivity index (χ0n) is 15.3. The van der Waals surface area contributed by atoms with Crippen molar-refractivity contribution in [1.82, 2.24) is 4.98 Å². The second-order valence-corrected chi connectivity index (χ2v) is 8.47. The molecule has 0 spiro atoms. The highest BCUT2D eigenvalue weighted by Crippen LogP contribution is 2.36. The summed E-state index contributed by atoms with van der Waals surface area (Å²) in [6.45, 7) is 1.89. The monoisotopic (exact) mass is 409 g/mol. The van der Waals surface area contributed by atoms with Gasteiger partial charge < -0.3 is 10.1 Å². The van der Waals surface area contributed by atoms with Crippen LogP contribution in [0.15, 0.2) is 86.7 Å². The van der Waals surface area contributed by atoms with Crippen LogP contribution in [-0.4, -0.2) is 18.5 Å². The van der Waals surface area contributed by atoms with Crippen LogP contribution in [0.2, 0.25) is 0 Å². The molecule has 6 nitrogen and oxygen atoms in total. The number of sulfone groups is 1. The van der Waals surface area contributed by atoms with Gasteiger partial charge in [-0.25, -0.2) is 12.8 Å². The van der Waals surface area contributed by atoms with Crippen LogP contribution in [0.25, 0.3) is 10.9 Å². The number of nitrogens with one attached hydrogen (secondary N) is 1. The van der Waals surface area contributed by atoms with Crippen molar-refractivity contribution in [3.8, 4) is 5.88 Å². The van der Waals surface area contributed by atoms with Gasteiger partial charge in [-0.3, -0.25) is 0 Å². The Bertz CT molecular complexity index is 1330. The topological polar surface area (TPSA) is 94.9 Å². The van der Waals surface area contributed by atoms with Crippen LogP contribution in [0.4, 0.5) is 15.8 Å². The molecule has 0 saturated carbocycles. The Morgan fingerprint density at radius 1 is 0.897 bits per heavy atom. The molecule has 0 fully saturated rings. The van der Waals surface area contributed by atoms with E-state index in [0.29, 0.717) is 16.6 Å². The lowest BCUT2D eigenvalue weighted by molar-refractivity contribution is 0.459. The molecule has 8 heteroatoms. The highest BCUT2D eigenvalue weighted by molar-refractivity contribution is 7.91. The minimum absolute atomic E-state index is 0.144. The molecule has 4 aromatic rings. The molecule has 1 heterocycles. The van der Waals surface area contributed by atoms with E-state index < -0.39 is 15.7 Å². The second-order valence-electron chi connectivity index (χ2n) is 6.52. The summed E-state index contributed by atoms with van der Waals surface area (Å²) in [5.41, 5.74) is 1.96. The van der Waals surface area contributed by atoms with Gasteiger partial charge >= 0.3 is 0 Å². The molecule has 0 unspecified atom stereocenters. The molecule has 1 aromatic heterocycles. The van der Waals surface area contributed by atoms with Crippen molar-refractivity contribution in [2.75, 3.05) is 0 Å². The zero-order valence-corrected chi connectivity index (χ0v) is 16.1. The van der Waals surface area contributed by atoms with E-state index in [1.807, 2.05) is 6.92 Å². The number of hydrogen-bond acceptors (Lipinski definition) is 5. The number of H-pyrrole nitrogens is 1. The van der Waals surface area contributed by atoms with Gasteiger partial charge in [0, 0.05) is 5.39 Å². The van der Waals surface area contributed by atoms with Crippen molar-refractivity contribution in [1.29, 1.82) is 0 Å². The largest absolute Gasteiger partial charge is 0.493 e. The molecule has 29 heavy (non-hydrogen) atoms. The van der Waals surface area contributed by atoms with Crippen LogP contribution in [-0.2, 0) is 9.84 Å². The highest BCUT2D eigenvalue weighted by atomic mass is 32.2. The van der Waals surface area contributed by atoms with Gasteiger partial charge in [-0.05, 0) is 61.5 Å². The second kappa shape index (κ2) is 7.14. The fourth-order valence-electron chi connectivity index (χ4n) is 2.90. The lowest BCUT2D eigenvalue weighted by Crippen LogP contribution is -2.01. The van der Waals surface area contributed by atoms with E-state index in [-0.39, 0.29) is 21.4 Å². The van der Waals surface area contributed by atoms with Crippen LogP contribution in [0.5, 0.6) is 5.88 Å². The van der Waals surface area contributed by atoms with Crippen molar-refractivity contribution in [2.45, 2.75) is 16.7 Å². The summed E-state index contributed by atoms with van der Waals surface area (Å²) < 4.78 is 38.7. The van der Waals surface area contributed by atoms with Crippen LogP contribution in [0.3, 0.4) is 0 Å². The van der Waals surface area contributed by atoms with Gasteiger partial charge in [-0.1, -0.05) is 17.7 Å². The number of hydrogen-bond donors (Lipinski definition) is 2. The fourth-order valence-corrected chi connectivity index (χ4v) is 4.16. The molecular weight excluding hydrogens is 393 g/mol. The molecule has 0 amide bonds. The Balaban J connectivity index is 1.62. The maximum absolute atomic E-state index is 13.3. The number of benzene rings is 3. The van der Waals surface area contributed by atoms with Crippen molar-refractivity contribution in [3.05, 3.63) is 78.1 Å². The molecular formula is C21H16FN3O3S. The molecule has 2 N–H and O–H groups in total. The Labute approximate surface area is 166 Å². The Kier molecular flexibility index (Phi) is 4.63. The fraction of sp³-hybridized carbons (Fsp3) is 0.0476. The predicted octanol–water partition coefficient (Wildman–Crippen LogP) is 5.57. The first-order valence-corrected chi connectivity index (χ1v) is 10.2. The zero-order chi connectivity index (χ0) is 20.6. The average Bonchev–Trinajstić information content (AvgIpc) is 3.01. The van der Waals surface area contributed by atoms with Gasteiger partial charge in [0.1, 0.15) is 5.82 Å². The normalized spacial score (nSPS) is 12.1. The number of aryl methyl sites for hydroxylation is 1. The lowest BCUT2D eigenvalue weighted by Gasteiger charge is -2.05. The first-order chi connectivity index (χ1) is 13.8. The first kappa shape index (κ1) is 18.8. The molecule has 0 aliphatic rings. The number of nitrogens with zero attached hydrogens (tertiary/aromatic N) is 2. The van der Waals surface area contributed by atoms with Crippen LogP contribution < -0.4 is 0 Å². The molecule has 0 atom stereocenters. The third kappa shape index (κ3) is 3.62. The minimum atomic E-state index is -3.62. The minimum Gasteiger partial charge on any atom is -0.493 e. The third-order valence-electron chi connectivity index (χ3n) is 4.46. The standard InChI is InChI=1S/C21H16FN3O3S/c1-13-2-7-16(8-3-13)29(27,28)17-9-5-15(6-10-17)24-25-20-18-11-4-14(22)12-19(18)23-21(20)26/h2-12,23,26H,1H3. The summed E-state index contributed by atoms with van der Waals surface area (Å²) in [6.07, 6.45) is 0. The Morgan fingerprint density at radius 3 is 2.17 bits per heavy atom. The number of halogens is 1. The number of aromatic nitrogens is 1. The van der Waals surface area contributed by atoms with E-state index >= 15 is 0 Å². The van der Waals surface area contributed by atoms with E-state index in [4.69, 9.17) is 0 Å². The van der Waals surface area contributed by atoms with Crippen LogP contribution >= 0.6 is 0 Å². The Morgan fingerprint density at radius 2 is 1.52 bits per heavy atom. The smallest absolute Gasteiger partial charge is 0.218 e. The van der Waals surface area contributed by atoms with Gasteiger partial charge in [0.25, 0.3) is 0 Å². The van der Waals surface area contributed by atoms with Gasteiger partial charge in [0.15, 0.2) is 5.69 Å². The molecule has 0 radical (unpaired) electrons. The van der Waals surface area contributed by atoms with Crippen molar-refractivity contribution >= 4 is 32.1 Å². The van der Waals surface area contributed by atoms with Crippen molar-refractivity contribution in [2.24, 2.45) is 10.2 Å². The molecule has 0 aliphatic carbocycles. The van der Waals surface area contributed by atoms with Gasteiger partial charge in [-0.15, -0.1) is 5.11 Å². The number of azo groups is 1. The number of aromatic hydroxyl groups is 1. The number of rotatable bonds is 4. The molecule has 0 aliphatic heterocycles. The van der Waals surface area contributed by atoms with Gasteiger partial charge in [-0.2, -0.15) is 5.11 Å². The number of aromatic amines is 1. The van der Waals surface area contributed by atoms with E-state index in [1.54, 1.807) is 24.3 Å². The summed E-state index contributed by atoms with van der Waals surface area (Å²) in [5.74, 6) is -0.666. The quantitative estimate of drug-likeness (QED) is 0.431. The molecule has 0 bridgehead atoms. The average molecular weight is 409 g/mol. The SMILES string of the molecule is Cc1ccc(S(=O)(=O)c2ccc(N=Nc3c(O)[nH]c4cc(F)ccc34)cc2)cc1. The van der Waals surface area contributed by atoms with E-state index in [0.717, 1.165) is 5.56 Å². The summed E-state index contributed by atoms with van der Waals surface area (Å²) in [5, 5.41) is 18.6. The van der Waals surface area contributed by atoms with E-state index in [9.17, 15) is 17.9 Å². The highest BCUT2D eigenvalue weighted by Gasteiger charge is 2.17. The summed E-state index contributed by atoms with van der Waals surface area (Å²) in [4.78, 5) is 3.00. The van der Waals surface area contributed by atoms with Crippen molar-refractivity contribution < 1.29 is 17.9 Å². The van der Waals surface area contributed by atoms with E-state index in [1.165, 1.54) is 42.5 Å². The third-order valence-corrected chi connectivity index (χ3v) is 6.24. The van der Waals surface area contributed by atoms with Crippen LogP contribution in [0, 0.1) is 12.7 Å². The maximum Gasteiger partial charge on any atom is 0.218 e. The van der Waals surface area contributed by atoms with Gasteiger partial charge in [0.05, 0.1) is 21.0 Å². The van der Waals surface area contributed by atoms with Crippen molar-refractivity contribution in [3.63, 3.8) is 0 Å². The van der Waals surface area contributed by atoms with Crippen LogP contribution in [0.1, 0.15) is 5.56 Å². The summed E-state index contributed by atoms with van der Waals surface area (Å²) in [6, 6.07) is 16.6. The molecule has 4 rings (SSSR count). The lowest BCUT2D eigenvalue weighted by atomic mass is 10.2.